The van der Waals surface area contributed by atoms with Crippen LogP contribution in [0.2, 0.25) is 0 Å². The van der Waals surface area contributed by atoms with Crippen molar-refractivity contribution in [2.75, 3.05) is 6.26 Å². The van der Waals surface area contributed by atoms with E-state index in [-0.39, 0.29) is 10.7 Å². The Morgan fingerprint density at radius 3 is 2.91 bits per heavy atom. The Balaban J connectivity index is 1.85. The third-order valence-corrected chi connectivity index (χ3v) is 5.63. The van der Waals surface area contributed by atoms with E-state index in [4.69, 9.17) is 0 Å². The molecule has 1 saturated carbocycles. The molecule has 0 radical (unpaired) electrons. The highest BCUT2D eigenvalue weighted by molar-refractivity contribution is 7.84. The van der Waals surface area contributed by atoms with Crippen LogP contribution < -0.4 is 5.56 Å². The first-order valence-electron chi connectivity index (χ1n) is 7.26. The fourth-order valence-electron chi connectivity index (χ4n) is 2.57. The van der Waals surface area contributed by atoms with Crippen molar-refractivity contribution in [1.29, 1.82) is 0 Å². The van der Waals surface area contributed by atoms with Crippen LogP contribution in [0.15, 0.2) is 33.8 Å². The highest BCUT2D eigenvalue weighted by atomic mass is 32.2. The molecule has 118 valence electrons. The molecular weight excluding hydrogens is 332 g/mol. The second-order valence-electron chi connectivity index (χ2n) is 5.58. The zero-order valence-corrected chi connectivity index (χ0v) is 14.1. The maximum atomic E-state index is 12.3. The van der Waals surface area contributed by atoms with Gasteiger partial charge in [0.25, 0.3) is 5.56 Å². The fraction of sp³-hybridized carbons (Fsp3) is 0.333. The first-order chi connectivity index (χ1) is 11.1. The van der Waals surface area contributed by atoms with E-state index in [0.717, 1.165) is 11.1 Å². The predicted octanol–water partition coefficient (Wildman–Crippen LogP) is 1.91. The average Bonchev–Trinajstić information content (AvgIpc) is 3.29. The molecule has 4 rings (SSSR count). The zero-order valence-electron chi connectivity index (χ0n) is 12.4. The van der Waals surface area contributed by atoms with Gasteiger partial charge in [-0.25, -0.2) is 15.0 Å². The number of hydrogen-bond donors (Lipinski definition) is 0. The lowest BCUT2D eigenvalue weighted by Gasteiger charge is -2.09. The van der Waals surface area contributed by atoms with E-state index in [1.807, 2.05) is 5.51 Å². The largest absolute Gasteiger partial charge is 0.286 e. The lowest BCUT2D eigenvalue weighted by Crippen LogP contribution is -2.22. The van der Waals surface area contributed by atoms with Gasteiger partial charge < -0.3 is 0 Å². The maximum Gasteiger partial charge on any atom is 0.252 e. The van der Waals surface area contributed by atoms with Gasteiger partial charge >= 0.3 is 0 Å². The van der Waals surface area contributed by atoms with Crippen molar-refractivity contribution < 1.29 is 4.21 Å². The molecule has 23 heavy (non-hydrogen) atoms. The summed E-state index contributed by atoms with van der Waals surface area (Å²) in [7, 11) is -1.29. The minimum atomic E-state index is -1.29. The molecule has 8 heteroatoms. The molecule has 3 heterocycles. The summed E-state index contributed by atoms with van der Waals surface area (Å²) < 4.78 is 13.2. The summed E-state index contributed by atoms with van der Waals surface area (Å²) in [5, 5.41) is 0.986. The molecule has 6 nitrogen and oxygen atoms in total. The third kappa shape index (κ3) is 2.72. The van der Waals surface area contributed by atoms with E-state index in [9.17, 15) is 9.00 Å². The molecular formula is C15H14N4O2S2. The average molecular weight is 346 g/mol. The Labute approximate surface area is 138 Å². The van der Waals surface area contributed by atoms with Crippen molar-refractivity contribution in [2.24, 2.45) is 0 Å². The summed E-state index contributed by atoms with van der Waals surface area (Å²) in [6, 6.07) is 3.21. The minimum absolute atomic E-state index is 0.140. The lowest BCUT2D eigenvalue weighted by atomic mass is 10.2. The highest BCUT2D eigenvalue weighted by Crippen LogP contribution is 2.43. The van der Waals surface area contributed by atoms with Crippen LogP contribution in [0.5, 0.6) is 0 Å². The van der Waals surface area contributed by atoms with Gasteiger partial charge in [0.2, 0.25) is 5.16 Å². The van der Waals surface area contributed by atoms with E-state index in [0.29, 0.717) is 18.1 Å². The molecule has 1 aliphatic rings. The van der Waals surface area contributed by atoms with Gasteiger partial charge in [-0.2, -0.15) is 0 Å². The van der Waals surface area contributed by atoms with E-state index >= 15 is 0 Å². The molecule has 0 amide bonds. The van der Waals surface area contributed by atoms with Crippen LogP contribution in [-0.4, -0.2) is 30.0 Å². The normalized spacial score (nSPS) is 15.9. The van der Waals surface area contributed by atoms with Crippen LogP contribution in [0.3, 0.4) is 0 Å². The van der Waals surface area contributed by atoms with Gasteiger partial charge in [0.15, 0.2) is 0 Å². The van der Waals surface area contributed by atoms with Crippen molar-refractivity contribution in [3.8, 4) is 0 Å². The molecule has 0 N–H and O–H groups in total. The predicted molar refractivity (Wildman–Crippen MR) is 89.3 cm³/mol. The summed E-state index contributed by atoms with van der Waals surface area (Å²) in [6.45, 7) is 0.387. The molecule has 0 bridgehead atoms. The Kier molecular flexibility index (Phi) is 3.57. The summed E-state index contributed by atoms with van der Waals surface area (Å²) in [5.41, 5.74) is 3.14. The standard InChI is InChI=1S/C15H14N4O2S2/c1-23(21)15-16-6-10-4-5-12(20)19(14(10)18-15)7-11-13(9-2-3-9)22-8-17-11/h4-6,8-9H,2-3,7H2,1H3. The third-order valence-electron chi connectivity index (χ3n) is 3.89. The van der Waals surface area contributed by atoms with Crippen LogP contribution in [-0.2, 0) is 17.3 Å². The molecule has 0 saturated heterocycles. The number of hydrogen-bond acceptors (Lipinski definition) is 6. The smallest absolute Gasteiger partial charge is 0.252 e. The molecule has 3 aromatic rings. The van der Waals surface area contributed by atoms with Gasteiger partial charge in [-0.05, 0) is 24.8 Å². The number of nitrogens with zero attached hydrogens (tertiary/aromatic N) is 4. The van der Waals surface area contributed by atoms with Crippen molar-refractivity contribution >= 4 is 33.2 Å². The van der Waals surface area contributed by atoms with Gasteiger partial charge in [0.05, 0.1) is 28.5 Å². The van der Waals surface area contributed by atoms with E-state index in [1.54, 1.807) is 28.2 Å². The number of pyridine rings is 1. The van der Waals surface area contributed by atoms with E-state index in [1.165, 1.54) is 30.0 Å². The number of rotatable bonds is 4. The molecule has 3 aromatic heterocycles. The molecule has 1 unspecified atom stereocenters. The van der Waals surface area contributed by atoms with Crippen molar-refractivity contribution in [2.45, 2.75) is 30.5 Å². The second-order valence-corrected chi connectivity index (χ2v) is 7.74. The Bertz CT molecular complexity index is 975. The first kappa shape index (κ1) is 14.6. The van der Waals surface area contributed by atoms with Crippen molar-refractivity contribution in [3.63, 3.8) is 0 Å². The van der Waals surface area contributed by atoms with Crippen LogP contribution >= 0.6 is 11.3 Å². The van der Waals surface area contributed by atoms with Gasteiger partial charge in [0.1, 0.15) is 5.65 Å². The molecule has 1 fully saturated rings. The monoisotopic (exact) mass is 346 g/mol. The number of fused-ring (bicyclic) bond motifs is 1. The quantitative estimate of drug-likeness (QED) is 0.674. The van der Waals surface area contributed by atoms with Gasteiger partial charge in [-0.3, -0.25) is 13.6 Å². The van der Waals surface area contributed by atoms with Crippen molar-refractivity contribution in [3.05, 3.63) is 44.8 Å². The number of aromatic nitrogens is 4. The summed E-state index contributed by atoms with van der Waals surface area (Å²) >= 11 is 1.65. The topological polar surface area (TPSA) is 77.7 Å². The maximum absolute atomic E-state index is 12.3. The first-order valence-corrected chi connectivity index (χ1v) is 9.69. The van der Waals surface area contributed by atoms with Crippen LogP contribution in [0.25, 0.3) is 11.0 Å². The van der Waals surface area contributed by atoms with Crippen LogP contribution in [0.1, 0.15) is 29.3 Å². The summed E-state index contributed by atoms with van der Waals surface area (Å²) in [6.07, 6.45) is 5.53. The summed E-state index contributed by atoms with van der Waals surface area (Å²) in [4.78, 5) is 26.5. The Morgan fingerprint density at radius 2 is 2.17 bits per heavy atom. The second kappa shape index (κ2) is 5.61. The highest BCUT2D eigenvalue weighted by Gasteiger charge is 2.28. The van der Waals surface area contributed by atoms with Crippen LogP contribution in [0.4, 0.5) is 0 Å². The molecule has 0 spiro atoms. The van der Waals surface area contributed by atoms with Gasteiger partial charge in [-0.1, -0.05) is 0 Å². The Hall–Kier alpha value is -1.93. The molecule has 0 aliphatic heterocycles. The van der Waals surface area contributed by atoms with Gasteiger partial charge in [0, 0.05) is 28.8 Å². The Morgan fingerprint density at radius 1 is 1.35 bits per heavy atom. The SMILES string of the molecule is CS(=O)c1ncc2ccc(=O)n(Cc3ncsc3C3CC3)c2n1. The zero-order chi connectivity index (χ0) is 16.0. The molecule has 1 aliphatic carbocycles. The lowest BCUT2D eigenvalue weighted by molar-refractivity contribution is 0.678. The molecule has 0 aromatic carbocycles. The molecule has 1 atom stereocenters. The minimum Gasteiger partial charge on any atom is -0.286 e. The van der Waals surface area contributed by atoms with E-state index < -0.39 is 10.8 Å². The number of thiazole rings is 1. The van der Waals surface area contributed by atoms with Gasteiger partial charge in [-0.15, -0.1) is 11.3 Å². The van der Waals surface area contributed by atoms with Crippen molar-refractivity contribution in [1.82, 2.24) is 19.5 Å². The van der Waals surface area contributed by atoms with Crippen LogP contribution in [0, 0.1) is 0 Å². The summed E-state index contributed by atoms with van der Waals surface area (Å²) in [5.74, 6) is 0.594. The van der Waals surface area contributed by atoms with E-state index in [2.05, 4.69) is 15.0 Å². The fourth-order valence-corrected chi connectivity index (χ4v) is 3.96.